The van der Waals surface area contributed by atoms with E-state index in [9.17, 15) is 29.4 Å². The van der Waals surface area contributed by atoms with Gasteiger partial charge < -0.3 is 42.7 Å². The Hall–Kier alpha value is -2.28. The lowest BCUT2D eigenvalue weighted by Gasteiger charge is -2.26. The number of amides is 3. The Morgan fingerprint density at radius 1 is 0.862 bits per heavy atom. The number of carbonyl (C=O) groups excluding carboxylic acids is 3. The predicted molar refractivity (Wildman–Crippen MR) is 103 cm³/mol. The van der Waals surface area contributed by atoms with Crippen molar-refractivity contribution in [3.05, 3.63) is 0 Å². The molecule has 0 aliphatic carbocycles. The van der Waals surface area contributed by atoms with Crippen molar-refractivity contribution in [3.63, 3.8) is 0 Å². The van der Waals surface area contributed by atoms with Gasteiger partial charge in [-0.3, -0.25) is 14.4 Å². The van der Waals surface area contributed by atoms with Crippen LogP contribution in [0.1, 0.15) is 33.1 Å². The summed E-state index contributed by atoms with van der Waals surface area (Å²) >= 11 is 0. The Morgan fingerprint density at radius 2 is 1.45 bits per heavy atom. The van der Waals surface area contributed by atoms with Crippen LogP contribution >= 0.6 is 0 Å². The number of unbranched alkanes of at least 4 members (excludes halogenated alkanes) is 1. The maximum Gasteiger partial charge on any atom is 0.326 e. The van der Waals surface area contributed by atoms with Crippen LogP contribution < -0.4 is 27.4 Å². The van der Waals surface area contributed by atoms with Gasteiger partial charge in [-0.15, -0.1) is 0 Å². The molecule has 3 amide bonds. The van der Waals surface area contributed by atoms with Gasteiger partial charge in [0.1, 0.15) is 24.2 Å². The zero-order chi connectivity index (χ0) is 22.6. The number of hydrogen-bond acceptors (Lipinski definition) is 8. The lowest BCUT2D eigenvalue weighted by molar-refractivity contribution is -0.143. The SMILES string of the molecule is CC(C)C(NC(=O)C(CO)NC(=O)C(N)CO)C(=O)NC(CCCCN)C(=O)O. The standard InChI is InChI=1S/C17H33N5O7/c1-9(2)13(16(27)20-11(17(28)29)5-3-4-6-18)22-15(26)12(8-24)21-14(25)10(19)7-23/h9-13,23-24H,3-8,18-19H2,1-2H3,(H,20,27)(H,21,25)(H,22,26)(H,28,29). The molecular formula is C17H33N5O7. The van der Waals surface area contributed by atoms with Crippen LogP contribution in [0, 0.1) is 5.92 Å². The molecule has 12 heteroatoms. The molecule has 0 rings (SSSR count). The van der Waals surface area contributed by atoms with E-state index in [1.165, 1.54) is 0 Å². The van der Waals surface area contributed by atoms with E-state index in [2.05, 4.69) is 16.0 Å². The molecule has 0 aliphatic heterocycles. The molecule has 4 unspecified atom stereocenters. The highest BCUT2D eigenvalue weighted by molar-refractivity contribution is 5.94. The van der Waals surface area contributed by atoms with Crippen LogP contribution in [-0.2, 0) is 19.2 Å². The number of aliphatic carboxylic acids is 1. The number of carboxylic acid groups (broad SMARTS) is 1. The minimum Gasteiger partial charge on any atom is -0.480 e. The molecule has 0 bridgehead atoms. The summed E-state index contributed by atoms with van der Waals surface area (Å²) in [6.07, 6.45) is 1.30. The van der Waals surface area contributed by atoms with E-state index in [0.717, 1.165) is 0 Å². The van der Waals surface area contributed by atoms with Crippen LogP contribution in [-0.4, -0.2) is 82.9 Å². The Bertz CT molecular complexity index is 558. The maximum absolute atomic E-state index is 12.5. The fourth-order valence-corrected chi connectivity index (χ4v) is 2.36. The molecule has 29 heavy (non-hydrogen) atoms. The summed E-state index contributed by atoms with van der Waals surface area (Å²) in [4.78, 5) is 48.0. The topological polar surface area (TPSA) is 217 Å². The molecule has 0 aromatic heterocycles. The molecule has 0 saturated carbocycles. The van der Waals surface area contributed by atoms with Crippen LogP contribution in [0.4, 0.5) is 0 Å². The molecule has 0 aromatic rings. The number of rotatable bonds is 14. The fourth-order valence-electron chi connectivity index (χ4n) is 2.36. The average molecular weight is 419 g/mol. The van der Waals surface area contributed by atoms with Gasteiger partial charge in [0.25, 0.3) is 0 Å². The highest BCUT2D eigenvalue weighted by Crippen LogP contribution is 2.06. The van der Waals surface area contributed by atoms with Crippen LogP contribution in [0.5, 0.6) is 0 Å². The summed E-state index contributed by atoms with van der Waals surface area (Å²) in [6.45, 7) is 2.27. The zero-order valence-electron chi connectivity index (χ0n) is 16.8. The van der Waals surface area contributed by atoms with E-state index in [0.29, 0.717) is 19.4 Å². The predicted octanol–water partition coefficient (Wildman–Crippen LogP) is -3.38. The molecule has 0 spiro atoms. The highest BCUT2D eigenvalue weighted by atomic mass is 16.4. The average Bonchev–Trinajstić information content (AvgIpc) is 2.67. The molecule has 4 atom stereocenters. The van der Waals surface area contributed by atoms with Gasteiger partial charge in [0.15, 0.2) is 0 Å². The first kappa shape index (κ1) is 26.7. The Labute approximate surface area is 169 Å². The first-order chi connectivity index (χ1) is 13.6. The smallest absolute Gasteiger partial charge is 0.326 e. The van der Waals surface area contributed by atoms with Crippen LogP contribution in [0.3, 0.4) is 0 Å². The third-order valence-corrected chi connectivity index (χ3v) is 4.16. The molecule has 0 saturated heterocycles. The first-order valence-corrected chi connectivity index (χ1v) is 9.40. The Balaban J connectivity index is 5.09. The highest BCUT2D eigenvalue weighted by Gasteiger charge is 2.31. The van der Waals surface area contributed by atoms with Crippen molar-refractivity contribution in [2.45, 2.75) is 57.3 Å². The molecular weight excluding hydrogens is 386 g/mol. The van der Waals surface area contributed by atoms with Crippen molar-refractivity contribution < 1.29 is 34.5 Å². The summed E-state index contributed by atoms with van der Waals surface area (Å²) < 4.78 is 0. The number of aliphatic hydroxyl groups is 2. The number of carbonyl (C=O) groups is 4. The van der Waals surface area contributed by atoms with Crippen LogP contribution in [0.2, 0.25) is 0 Å². The van der Waals surface area contributed by atoms with Crippen molar-refractivity contribution in [1.29, 1.82) is 0 Å². The van der Waals surface area contributed by atoms with Gasteiger partial charge >= 0.3 is 5.97 Å². The summed E-state index contributed by atoms with van der Waals surface area (Å²) in [6, 6.07) is -4.90. The second-order valence-corrected chi connectivity index (χ2v) is 6.95. The third kappa shape index (κ3) is 9.65. The van der Waals surface area contributed by atoms with Gasteiger partial charge in [-0.1, -0.05) is 13.8 Å². The molecule has 168 valence electrons. The largest absolute Gasteiger partial charge is 0.480 e. The number of nitrogens with two attached hydrogens (primary N) is 2. The number of carboxylic acids is 1. The van der Waals surface area contributed by atoms with Gasteiger partial charge in [0.05, 0.1) is 13.2 Å². The first-order valence-electron chi connectivity index (χ1n) is 9.40. The van der Waals surface area contributed by atoms with Crippen molar-refractivity contribution in [2.24, 2.45) is 17.4 Å². The van der Waals surface area contributed by atoms with Gasteiger partial charge in [0, 0.05) is 0 Å². The molecule has 0 aliphatic rings. The second kappa shape index (κ2) is 13.8. The maximum atomic E-state index is 12.5. The van der Waals surface area contributed by atoms with Gasteiger partial charge in [0.2, 0.25) is 17.7 Å². The normalized spacial score (nSPS) is 15.1. The molecule has 0 radical (unpaired) electrons. The Kier molecular flexibility index (Phi) is 12.7. The minimum absolute atomic E-state index is 0.186. The Morgan fingerprint density at radius 3 is 1.90 bits per heavy atom. The summed E-state index contributed by atoms with van der Waals surface area (Å²) in [5.74, 6) is -4.02. The molecule has 0 heterocycles. The van der Waals surface area contributed by atoms with Crippen LogP contribution in [0.25, 0.3) is 0 Å². The lowest BCUT2D eigenvalue weighted by Crippen LogP contribution is -2.59. The van der Waals surface area contributed by atoms with E-state index in [4.69, 9.17) is 16.6 Å². The number of hydrogen-bond donors (Lipinski definition) is 8. The summed E-state index contributed by atoms with van der Waals surface area (Å²) in [5, 5.41) is 34.5. The van der Waals surface area contributed by atoms with E-state index in [1.807, 2.05) is 0 Å². The van der Waals surface area contributed by atoms with E-state index in [-0.39, 0.29) is 6.42 Å². The second-order valence-electron chi connectivity index (χ2n) is 6.95. The van der Waals surface area contributed by atoms with Gasteiger partial charge in [-0.05, 0) is 31.7 Å². The van der Waals surface area contributed by atoms with Crippen LogP contribution in [0.15, 0.2) is 0 Å². The number of nitrogens with one attached hydrogen (secondary N) is 3. The van der Waals surface area contributed by atoms with E-state index >= 15 is 0 Å². The van der Waals surface area contributed by atoms with Crippen molar-refractivity contribution in [2.75, 3.05) is 19.8 Å². The van der Waals surface area contributed by atoms with Gasteiger partial charge in [-0.2, -0.15) is 0 Å². The number of aliphatic hydroxyl groups excluding tert-OH is 2. The van der Waals surface area contributed by atoms with E-state index < -0.39 is 67.0 Å². The van der Waals surface area contributed by atoms with Crippen molar-refractivity contribution in [1.82, 2.24) is 16.0 Å². The monoisotopic (exact) mass is 419 g/mol. The molecule has 12 nitrogen and oxygen atoms in total. The molecule has 0 aromatic carbocycles. The van der Waals surface area contributed by atoms with Crippen molar-refractivity contribution >= 4 is 23.7 Å². The molecule has 0 fully saturated rings. The summed E-state index contributed by atoms with van der Waals surface area (Å²) in [5.41, 5.74) is 10.7. The van der Waals surface area contributed by atoms with Gasteiger partial charge in [-0.25, -0.2) is 4.79 Å². The van der Waals surface area contributed by atoms with Crippen molar-refractivity contribution in [3.8, 4) is 0 Å². The molecule has 10 N–H and O–H groups in total. The summed E-state index contributed by atoms with van der Waals surface area (Å²) in [7, 11) is 0. The zero-order valence-corrected chi connectivity index (χ0v) is 16.8. The third-order valence-electron chi connectivity index (χ3n) is 4.16. The quantitative estimate of drug-likeness (QED) is 0.131. The minimum atomic E-state index is -1.39. The van der Waals surface area contributed by atoms with E-state index in [1.54, 1.807) is 13.8 Å². The lowest BCUT2D eigenvalue weighted by atomic mass is 10.0. The fraction of sp³-hybridized carbons (Fsp3) is 0.765.